The molecule has 3 N–H and O–H groups in total. The minimum atomic E-state index is -3.67. The van der Waals surface area contributed by atoms with Crippen LogP contribution in [0.4, 0.5) is 11.4 Å². The number of carbonyl (C=O) groups excluding carboxylic acids is 1. The summed E-state index contributed by atoms with van der Waals surface area (Å²) in [7, 11) is -3.67. The third-order valence-corrected chi connectivity index (χ3v) is 4.00. The zero-order valence-corrected chi connectivity index (χ0v) is 12.4. The summed E-state index contributed by atoms with van der Waals surface area (Å²) < 4.78 is 26.3. The normalized spacial score (nSPS) is 11.4. The van der Waals surface area contributed by atoms with Crippen molar-refractivity contribution >= 4 is 27.3 Å². The Hall–Kier alpha value is -2.35. The first-order chi connectivity index (χ1) is 9.88. The van der Waals surface area contributed by atoms with E-state index >= 15 is 0 Å². The van der Waals surface area contributed by atoms with Crippen LogP contribution in [-0.2, 0) is 14.8 Å². The molecule has 0 unspecified atom stereocenters. The van der Waals surface area contributed by atoms with Crippen molar-refractivity contribution in [2.24, 2.45) is 5.92 Å². The van der Waals surface area contributed by atoms with Crippen molar-refractivity contribution in [3.8, 4) is 0 Å². The Bertz CT molecular complexity index is 706. The van der Waals surface area contributed by atoms with Gasteiger partial charge in [0, 0.05) is 17.3 Å². The van der Waals surface area contributed by atoms with Gasteiger partial charge in [-0.2, -0.15) is 8.42 Å². The third kappa shape index (κ3) is 3.82. The lowest BCUT2D eigenvalue weighted by molar-refractivity contribution is -0.118. The molecule has 21 heavy (non-hydrogen) atoms. The number of sulfonamides is 1. The number of hydrogen-bond donors (Lipinski definition) is 3. The van der Waals surface area contributed by atoms with Gasteiger partial charge < -0.3 is 10.3 Å². The molecule has 0 radical (unpaired) electrons. The van der Waals surface area contributed by atoms with Crippen molar-refractivity contribution in [2.45, 2.75) is 18.9 Å². The second kappa shape index (κ2) is 5.96. The summed E-state index contributed by atoms with van der Waals surface area (Å²) in [5.41, 5.74) is 1.00. The molecule has 1 heterocycles. The number of H-pyrrole nitrogens is 1. The summed E-state index contributed by atoms with van der Waals surface area (Å²) in [6, 6.07) is 6.41. The van der Waals surface area contributed by atoms with Crippen LogP contribution in [0.5, 0.6) is 0 Å². The number of aromatic amines is 1. The number of carbonyl (C=O) groups is 1. The van der Waals surface area contributed by atoms with Crippen molar-refractivity contribution in [2.75, 3.05) is 10.0 Å². The summed E-state index contributed by atoms with van der Waals surface area (Å²) in [6.45, 7) is 3.59. The van der Waals surface area contributed by atoms with Crippen LogP contribution in [0, 0.1) is 5.92 Å². The maximum atomic E-state index is 12.0. The van der Waals surface area contributed by atoms with Gasteiger partial charge in [0.1, 0.15) is 0 Å². The average Bonchev–Trinajstić information content (AvgIpc) is 2.95. The van der Waals surface area contributed by atoms with Gasteiger partial charge in [0.25, 0.3) is 10.0 Å². The van der Waals surface area contributed by atoms with Crippen LogP contribution in [0.15, 0.2) is 41.8 Å². The molecular weight excluding hydrogens is 292 g/mol. The Morgan fingerprint density at radius 3 is 2.33 bits per heavy atom. The van der Waals surface area contributed by atoms with Gasteiger partial charge in [0.05, 0.1) is 12.5 Å². The summed E-state index contributed by atoms with van der Waals surface area (Å²) in [6.07, 6.45) is 2.51. The Morgan fingerprint density at radius 1 is 1.19 bits per heavy atom. The molecule has 0 saturated heterocycles. The van der Waals surface area contributed by atoms with Gasteiger partial charge in [0.2, 0.25) is 5.91 Å². The number of amides is 1. The van der Waals surface area contributed by atoms with E-state index in [0.29, 0.717) is 11.4 Å². The molecule has 0 bridgehead atoms. The van der Waals surface area contributed by atoms with Crippen LogP contribution in [0.1, 0.15) is 13.8 Å². The number of nitrogens with zero attached hydrogens (tertiary/aromatic N) is 1. The molecule has 0 atom stereocenters. The van der Waals surface area contributed by atoms with E-state index in [-0.39, 0.29) is 16.9 Å². The first kappa shape index (κ1) is 15.0. The van der Waals surface area contributed by atoms with Gasteiger partial charge in [-0.1, -0.05) is 13.8 Å². The first-order valence-corrected chi connectivity index (χ1v) is 7.79. The number of nitrogens with one attached hydrogen (secondary N) is 3. The Balaban J connectivity index is 2.08. The molecule has 8 heteroatoms. The molecular formula is C13H16N4O3S. The predicted molar refractivity (Wildman–Crippen MR) is 79.3 cm³/mol. The molecule has 0 aliphatic rings. The number of benzene rings is 1. The zero-order valence-electron chi connectivity index (χ0n) is 11.6. The molecule has 0 aliphatic carbocycles. The van der Waals surface area contributed by atoms with Gasteiger partial charge in [-0.25, -0.2) is 4.98 Å². The van der Waals surface area contributed by atoms with Crippen molar-refractivity contribution in [1.29, 1.82) is 0 Å². The molecule has 0 spiro atoms. The van der Waals surface area contributed by atoms with Crippen molar-refractivity contribution in [3.63, 3.8) is 0 Å². The largest absolute Gasteiger partial charge is 0.334 e. The molecule has 0 aliphatic heterocycles. The SMILES string of the molecule is CC(C)C(=O)Nc1ccc(NS(=O)(=O)c2cnc[nH]2)cc1. The van der Waals surface area contributed by atoms with E-state index in [2.05, 4.69) is 20.0 Å². The highest BCUT2D eigenvalue weighted by Crippen LogP contribution is 2.17. The lowest BCUT2D eigenvalue weighted by Gasteiger charge is -2.09. The molecule has 0 fully saturated rings. The van der Waals surface area contributed by atoms with Gasteiger partial charge in [-0.3, -0.25) is 9.52 Å². The highest BCUT2D eigenvalue weighted by Gasteiger charge is 2.15. The second-order valence-electron chi connectivity index (χ2n) is 4.74. The van der Waals surface area contributed by atoms with Gasteiger partial charge in [-0.15, -0.1) is 0 Å². The van der Waals surface area contributed by atoms with Crippen LogP contribution < -0.4 is 10.0 Å². The monoisotopic (exact) mass is 308 g/mol. The standard InChI is InChI=1S/C13H16N4O3S/c1-9(2)13(18)16-10-3-5-11(6-4-10)17-21(19,20)12-7-14-8-15-12/h3-9,17H,1-2H3,(H,14,15)(H,16,18). The minimum Gasteiger partial charge on any atom is -0.334 e. The number of aromatic nitrogens is 2. The predicted octanol–water partition coefficient (Wildman–Crippen LogP) is 1.80. The van der Waals surface area contributed by atoms with Crippen molar-refractivity contribution in [3.05, 3.63) is 36.8 Å². The summed E-state index contributed by atoms with van der Waals surface area (Å²) in [4.78, 5) is 17.7. The van der Waals surface area contributed by atoms with Gasteiger partial charge in [-0.05, 0) is 24.3 Å². The maximum Gasteiger partial charge on any atom is 0.278 e. The number of rotatable bonds is 5. The van der Waals surface area contributed by atoms with E-state index in [1.54, 1.807) is 38.1 Å². The smallest absolute Gasteiger partial charge is 0.278 e. The summed E-state index contributed by atoms with van der Waals surface area (Å²) in [5.74, 6) is -0.218. The topological polar surface area (TPSA) is 104 Å². The van der Waals surface area contributed by atoms with E-state index < -0.39 is 10.0 Å². The molecule has 112 valence electrons. The van der Waals surface area contributed by atoms with Crippen LogP contribution >= 0.6 is 0 Å². The lowest BCUT2D eigenvalue weighted by Crippen LogP contribution is -2.17. The quantitative estimate of drug-likeness (QED) is 0.783. The van der Waals surface area contributed by atoms with Crippen LogP contribution in [-0.4, -0.2) is 24.3 Å². The van der Waals surface area contributed by atoms with E-state index in [0.717, 1.165) is 0 Å². The minimum absolute atomic E-state index is 0.0142. The van der Waals surface area contributed by atoms with E-state index in [1.807, 2.05) is 0 Å². The fourth-order valence-electron chi connectivity index (χ4n) is 1.51. The summed E-state index contributed by atoms with van der Waals surface area (Å²) in [5, 5.41) is 2.71. The third-order valence-electron chi connectivity index (χ3n) is 2.69. The highest BCUT2D eigenvalue weighted by atomic mass is 32.2. The van der Waals surface area contributed by atoms with Crippen LogP contribution in [0.25, 0.3) is 0 Å². The fraction of sp³-hybridized carbons (Fsp3) is 0.231. The fourth-order valence-corrected chi connectivity index (χ4v) is 2.47. The first-order valence-electron chi connectivity index (χ1n) is 6.30. The lowest BCUT2D eigenvalue weighted by atomic mass is 10.2. The second-order valence-corrected chi connectivity index (χ2v) is 6.39. The number of imidazole rings is 1. The summed E-state index contributed by atoms with van der Waals surface area (Å²) >= 11 is 0. The number of anilines is 2. The molecule has 2 aromatic rings. The molecule has 1 aromatic carbocycles. The Labute approximate surface area is 122 Å². The number of hydrogen-bond acceptors (Lipinski definition) is 4. The Kier molecular flexibility index (Phi) is 4.27. The zero-order chi connectivity index (χ0) is 15.5. The van der Waals surface area contributed by atoms with Crippen molar-refractivity contribution in [1.82, 2.24) is 9.97 Å². The molecule has 7 nitrogen and oxygen atoms in total. The van der Waals surface area contributed by atoms with Crippen LogP contribution in [0.3, 0.4) is 0 Å². The average molecular weight is 308 g/mol. The molecule has 1 aromatic heterocycles. The maximum absolute atomic E-state index is 12.0. The molecule has 2 rings (SSSR count). The van der Waals surface area contributed by atoms with Gasteiger partial charge in [0.15, 0.2) is 5.03 Å². The Morgan fingerprint density at radius 2 is 1.81 bits per heavy atom. The van der Waals surface area contributed by atoms with E-state index in [1.165, 1.54) is 12.5 Å². The molecule has 0 saturated carbocycles. The van der Waals surface area contributed by atoms with Crippen molar-refractivity contribution < 1.29 is 13.2 Å². The molecule has 1 amide bonds. The van der Waals surface area contributed by atoms with Crippen LogP contribution in [0.2, 0.25) is 0 Å². The highest BCUT2D eigenvalue weighted by molar-refractivity contribution is 7.92. The van der Waals surface area contributed by atoms with E-state index in [4.69, 9.17) is 0 Å². The van der Waals surface area contributed by atoms with E-state index in [9.17, 15) is 13.2 Å². The van der Waals surface area contributed by atoms with Gasteiger partial charge >= 0.3 is 0 Å².